The maximum Gasteiger partial charge on any atom is 0.254 e. The zero-order valence-electron chi connectivity index (χ0n) is 21.6. The van der Waals surface area contributed by atoms with E-state index in [1.807, 2.05) is 25.1 Å². The number of nitriles is 1. The molecule has 0 radical (unpaired) electrons. The van der Waals surface area contributed by atoms with Gasteiger partial charge in [-0.2, -0.15) is 10.4 Å². The van der Waals surface area contributed by atoms with Crippen LogP contribution in [-0.2, 0) is 6.54 Å². The number of hydrogen-bond acceptors (Lipinski definition) is 6. The fourth-order valence-electron chi connectivity index (χ4n) is 4.60. The summed E-state index contributed by atoms with van der Waals surface area (Å²) in [6.45, 7) is 3.44. The van der Waals surface area contributed by atoms with Gasteiger partial charge < -0.3 is 15.0 Å². The fourth-order valence-corrected chi connectivity index (χ4v) is 4.72. The number of halogens is 1. The van der Waals surface area contributed by atoms with E-state index in [1.165, 1.54) is 0 Å². The van der Waals surface area contributed by atoms with Gasteiger partial charge in [-0.1, -0.05) is 41.4 Å². The lowest BCUT2D eigenvalue weighted by Gasteiger charge is -2.16. The van der Waals surface area contributed by atoms with Crippen molar-refractivity contribution in [3.63, 3.8) is 0 Å². The first kappa shape index (κ1) is 26.0. The van der Waals surface area contributed by atoms with Crippen LogP contribution < -0.4 is 10.1 Å². The number of carbonyl (C=O) groups is 2. The highest BCUT2D eigenvalue weighted by Crippen LogP contribution is 2.28. The van der Waals surface area contributed by atoms with Gasteiger partial charge in [0.15, 0.2) is 5.69 Å². The number of ketones is 1. The zero-order valence-corrected chi connectivity index (χ0v) is 22.3. The van der Waals surface area contributed by atoms with Gasteiger partial charge in [0, 0.05) is 35.8 Å². The molecule has 0 spiro atoms. The Labute approximate surface area is 231 Å². The second-order valence-electron chi connectivity index (χ2n) is 9.30. The van der Waals surface area contributed by atoms with Crippen molar-refractivity contribution >= 4 is 29.1 Å². The topological polar surface area (TPSA) is 100 Å². The Kier molecular flexibility index (Phi) is 7.35. The molecule has 1 aliphatic heterocycles. The summed E-state index contributed by atoms with van der Waals surface area (Å²) in [5, 5.41) is 18.5. The number of fused-ring (bicyclic) bond motifs is 1. The Morgan fingerprint density at radius 3 is 2.56 bits per heavy atom. The van der Waals surface area contributed by atoms with Gasteiger partial charge in [0.1, 0.15) is 23.2 Å². The van der Waals surface area contributed by atoms with Gasteiger partial charge in [-0.15, -0.1) is 0 Å². The van der Waals surface area contributed by atoms with Gasteiger partial charge in [-0.05, 0) is 61.4 Å². The van der Waals surface area contributed by atoms with Crippen LogP contribution >= 0.6 is 11.6 Å². The van der Waals surface area contributed by atoms with E-state index in [9.17, 15) is 14.9 Å². The van der Waals surface area contributed by atoms with Crippen LogP contribution in [0.1, 0.15) is 49.5 Å². The van der Waals surface area contributed by atoms with Crippen LogP contribution in [0.2, 0.25) is 5.02 Å². The number of hydrogen-bond donors (Lipinski definition) is 1. The molecule has 0 saturated heterocycles. The molecule has 0 fully saturated rings. The number of carbonyl (C=O) groups excluding carboxylic acids is 2. The van der Waals surface area contributed by atoms with Crippen LogP contribution in [0.15, 0.2) is 66.7 Å². The maximum absolute atomic E-state index is 13.4. The molecule has 1 N–H and O–H groups in total. The van der Waals surface area contributed by atoms with Crippen molar-refractivity contribution < 1.29 is 14.3 Å². The molecule has 1 aliphatic rings. The number of ether oxygens (including phenoxy) is 1. The standard InChI is InChI=1S/C30H26ClN5O3/c1-19-4-6-20(7-5-19)28(37)27-26(17-32)29(36(34-27)23-10-8-22(31)9-11-23)33-14-3-15-35-18-21-16-24(39-2)12-13-25(21)30(35)38/h4-13,16,33H,3,14-15,18H2,1-2H3. The number of nitrogens with zero attached hydrogens (tertiary/aromatic N) is 4. The smallest absolute Gasteiger partial charge is 0.254 e. The molecule has 3 aromatic carbocycles. The largest absolute Gasteiger partial charge is 0.497 e. The van der Waals surface area contributed by atoms with E-state index in [2.05, 4.69) is 16.5 Å². The summed E-state index contributed by atoms with van der Waals surface area (Å²) < 4.78 is 6.83. The van der Waals surface area contributed by atoms with E-state index in [-0.39, 0.29) is 22.9 Å². The van der Waals surface area contributed by atoms with E-state index in [0.29, 0.717) is 53.7 Å². The highest BCUT2D eigenvalue weighted by molar-refractivity contribution is 6.30. The van der Waals surface area contributed by atoms with Gasteiger partial charge in [0.25, 0.3) is 5.91 Å². The highest BCUT2D eigenvalue weighted by Gasteiger charge is 2.28. The summed E-state index contributed by atoms with van der Waals surface area (Å²) in [4.78, 5) is 28.0. The number of methoxy groups -OCH3 is 1. The molecule has 1 amide bonds. The van der Waals surface area contributed by atoms with Crippen molar-refractivity contribution in [1.29, 1.82) is 5.26 Å². The minimum atomic E-state index is -0.335. The van der Waals surface area contributed by atoms with Crippen LogP contribution in [0.25, 0.3) is 5.69 Å². The number of amides is 1. The molecule has 196 valence electrons. The van der Waals surface area contributed by atoms with Crippen LogP contribution in [0.5, 0.6) is 5.75 Å². The van der Waals surface area contributed by atoms with Crippen molar-refractivity contribution in [3.8, 4) is 17.5 Å². The van der Waals surface area contributed by atoms with Gasteiger partial charge in [0.05, 0.1) is 12.8 Å². The first-order valence-electron chi connectivity index (χ1n) is 12.5. The minimum Gasteiger partial charge on any atom is -0.497 e. The lowest BCUT2D eigenvalue weighted by atomic mass is 10.0. The monoisotopic (exact) mass is 539 g/mol. The molecule has 39 heavy (non-hydrogen) atoms. The molecule has 0 bridgehead atoms. The Morgan fingerprint density at radius 1 is 1.13 bits per heavy atom. The van der Waals surface area contributed by atoms with Crippen molar-refractivity contribution in [2.24, 2.45) is 0 Å². The van der Waals surface area contributed by atoms with Gasteiger partial charge >= 0.3 is 0 Å². The summed E-state index contributed by atoms with van der Waals surface area (Å²) in [6.07, 6.45) is 0.620. The van der Waals surface area contributed by atoms with E-state index >= 15 is 0 Å². The molecule has 0 aliphatic carbocycles. The molecule has 0 unspecified atom stereocenters. The van der Waals surface area contributed by atoms with Gasteiger partial charge in [0.2, 0.25) is 5.78 Å². The van der Waals surface area contributed by atoms with Crippen molar-refractivity contribution in [3.05, 3.63) is 105 Å². The van der Waals surface area contributed by atoms with E-state index in [4.69, 9.17) is 16.3 Å². The molecule has 0 saturated carbocycles. The summed E-state index contributed by atoms with van der Waals surface area (Å²) in [7, 11) is 1.60. The Hall–Kier alpha value is -4.61. The molecule has 5 rings (SSSR count). The molecule has 9 heteroatoms. The predicted octanol–water partition coefficient (Wildman–Crippen LogP) is 5.40. The molecule has 4 aromatic rings. The number of anilines is 1. The summed E-state index contributed by atoms with van der Waals surface area (Å²) in [6, 6.07) is 21.8. The van der Waals surface area contributed by atoms with Crippen molar-refractivity contribution in [2.45, 2.75) is 19.9 Å². The first-order valence-corrected chi connectivity index (χ1v) is 12.9. The SMILES string of the molecule is COc1ccc2c(c1)CN(CCCNc1c(C#N)c(C(=O)c3ccc(C)cc3)nn1-c1ccc(Cl)cc1)C2=O. The summed E-state index contributed by atoms with van der Waals surface area (Å²) >= 11 is 6.08. The molecule has 1 aromatic heterocycles. The van der Waals surface area contributed by atoms with Gasteiger partial charge in [-0.25, -0.2) is 4.68 Å². The Morgan fingerprint density at radius 2 is 1.87 bits per heavy atom. The Balaban J connectivity index is 1.36. The third-order valence-corrected chi connectivity index (χ3v) is 6.94. The average Bonchev–Trinajstić information content (AvgIpc) is 3.48. The number of benzene rings is 3. The number of aryl methyl sites for hydroxylation is 1. The normalized spacial score (nSPS) is 12.3. The highest BCUT2D eigenvalue weighted by atomic mass is 35.5. The third-order valence-electron chi connectivity index (χ3n) is 6.69. The van der Waals surface area contributed by atoms with Crippen LogP contribution in [-0.4, -0.2) is 46.6 Å². The number of rotatable bonds is 9. The zero-order chi connectivity index (χ0) is 27.5. The molecule has 0 atom stereocenters. The second-order valence-corrected chi connectivity index (χ2v) is 9.73. The number of aromatic nitrogens is 2. The second kappa shape index (κ2) is 11.0. The predicted molar refractivity (Wildman–Crippen MR) is 149 cm³/mol. The fraction of sp³-hybridized carbons (Fsp3) is 0.200. The first-order chi connectivity index (χ1) is 18.9. The van der Waals surface area contributed by atoms with E-state index < -0.39 is 0 Å². The maximum atomic E-state index is 13.4. The van der Waals surface area contributed by atoms with Crippen LogP contribution in [0, 0.1) is 18.3 Å². The van der Waals surface area contributed by atoms with Crippen LogP contribution in [0.3, 0.4) is 0 Å². The van der Waals surface area contributed by atoms with Gasteiger partial charge in [-0.3, -0.25) is 9.59 Å². The lowest BCUT2D eigenvalue weighted by Crippen LogP contribution is -2.26. The van der Waals surface area contributed by atoms with Crippen molar-refractivity contribution in [1.82, 2.24) is 14.7 Å². The lowest BCUT2D eigenvalue weighted by molar-refractivity contribution is 0.0778. The molecular formula is C30H26ClN5O3. The Bertz CT molecular complexity index is 1590. The summed E-state index contributed by atoms with van der Waals surface area (Å²) in [5.41, 5.74) is 3.99. The van der Waals surface area contributed by atoms with Crippen LogP contribution in [0.4, 0.5) is 5.82 Å². The summed E-state index contributed by atoms with van der Waals surface area (Å²) in [5.74, 6) is 0.789. The molecule has 8 nitrogen and oxygen atoms in total. The third kappa shape index (κ3) is 5.22. The van der Waals surface area contributed by atoms with E-state index in [0.717, 1.165) is 16.9 Å². The minimum absolute atomic E-state index is 0.0115. The number of nitrogens with one attached hydrogen (secondary N) is 1. The average molecular weight is 540 g/mol. The van der Waals surface area contributed by atoms with E-state index in [1.54, 1.807) is 65.2 Å². The quantitative estimate of drug-likeness (QED) is 0.226. The van der Waals surface area contributed by atoms with Crippen molar-refractivity contribution in [2.75, 3.05) is 25.5 Å². The molecular weight excluding hydrogens is 514 g/mol. The molecule has 2 heterocycles.